The quantitative estimate of drug-likeness (QED) is 0.765. The van der Waals surface area contributed by atoms with Gasteiger partial charge in [0.05, 0.1) is 0 Å². The predicted molar refractivity (Wildman–Crippen MR) is 74.7 cm³/mol. The van der Waals surface area contributed by atoms with Crippen LogP contribution < -0.4 is 10.6 Å². The van der Waals surface area contributed by atoms with E-state index in [1.165, 1.54) is 32.1 Å². The molecule has 1 saturated carbocycles. The summed E-state index contributed by atoms with van der Waals surface area (Å²) >= 11 is 0. The fourth-order valence-corrected chi connectivity index (χ4v) is 2.40. The summed E-state index contributed by atoms with van der Waals surface area (Å²) < 4.78 is 0. The zero-order chi connectivity index (χ0) is 13.3. The minimum atomic E-state index is 0.351. The Morgan fingerprint density at radius 3 is 2.68 bits per heavy atom. The van der Waals surface area contributed by atoms with E-state index in [4.69, 9.17) is 5.26 Å². The molecule has 1 heterocycles. The van der Waals surface area contributed by atoms with E-state index in [9.17, 15) is 0 Å². The Morgan fingerprint density at radius 1 is 1.16 bits per heavy atom. The number of anilines is 1. The fraction of sp³-hybridized carbons (Fsp3) is 0.643. The average molecular weight is 259 g/mol. The first kappa shape index (κ1) is 13.8. The van der Waals surface area contributed by atoms with Crippen molar-refractivity contribution in [3.63, 3.8) is 0 Å². The Hall–Kier alpha value is -1.67. The van der Waals surface area contributed by atoms with Gasteiger partial charge in [-0.25, -0.2) is 0 Å². The highest BCUT2D eigenvalue weighted by molar-refractivity contribution is 5.34. The first-order chi connectivity index (χ1) is 9.38. The molecule has 2 N–H and O–H groups in total. The van der Waals surface area contributed by atoms with Gasteiger partial charge in [0.25, 0.3) is 0 Å². The summed E-state index contributed by atoms with van der Waals surface area (Å²) in [5.41, 5.74) is 0.351. The Labute approximate surface area is 114 Å². The maximum absolute atomic E-state index is 8.62. The van der Waals surface area contributed by atoms with E-state index >= 15 is 0 Å². The topological polar surface area (TPSA) is 73.6 Å². The van der Waals surface area contributed by atoms with Crippen molar-refractivity contribution in [3.05, 3.63) is 17.8 Å². The molecule has 5 nitrogen and oxygen atoms in total. The number of nitrogens with zero attached hydrogens (tertiary/aromatic N) is 3. The summed E-state index contributed by atoms with van der Waals surface area (Å²) in [4.78, 5) is 0. The van der Waals surface area contributed by atoms with Gasteiger partial charge in [-0.15, -0.1) is 10.2 Å². The summed E-state index contributed by atoms with van der Waals surface area (Å²) in [5.74, 6) is 0.733. The molecule has 0 atom stereocenters. The van der Waals surface area contributed by atoms with E-state index in [2.05, 4.69) is 20.8 Å². The van der Waals surface area contributed by atoms with Crippen molar-refractivity contribution < 1.29 is 0 Å². The maximum atomic E-state index is 8.62. The van der Waals surface area contributed by atoms with Crippen LogP contribution in [-0.4, -0.2) is 29.3 Å². The Balaban J connectivity index is 1.57. The molecule has 0 radical (unpaired) electrons. The van der Waals surface area contributed by atoms with Crippen molar-refractivity contribution in [2.75, 3.05) is 18.4 Å². The van der Waals surface area contributed by atoms with Crippen LogP contribution in [0, 0.1) is 11.3 Å². The van der Waals surface area contributed by atoms with Gasteiger partial charge in [-0.2, -0.15) is 5.26 Å². The second kappa shape index (κ2) is 7.70. The average Bonchev–Trinajstić information content (AvgIpc) is 2.49. The SMILES string of the molecule is N#Cc1ccc(NCCCNC2CCCCC2)nn1. The van der Waals surface area contributed by atoms with Crippen molar-refractivity contribution >= 4 is 5.82 Å². The first-order valence-corrected chi connectivity index (χ1v) is 7.09. The van der Waals surface area contributed by atoms with E-state index < -0.39 is 0 Å². The molecule has 102 valence electrons. The van der Waals surface area contributed by atoms with Crippen LogP contribution in [0.5, 0.6) is 0 Å². The summed E-state index contributed by atoms with van der Waals surface area (Å²) in [7, 11) is 0. The largest absolute Gasteiger partial charge is 0.369 e. The first-order valence-electron chi connectivity index (χ1n) is 7.09. The lowest BCUT2D eigenvalue weighted by molar-refractivity contribution is 0.373. The monoisotopic (exact) mass is 259 g/mol. The van der Waals surface area contributed by atoms with Crippen LogP contribution in [0.3, 0.4) is 0 Å². The number of hydrogen-bond acceptors (Lipinski definition) is 5. The lowest BCUT2D eigenvalue weighted by Gasteiger charge is -2.22. The molecule has 0 amide bonds. The van der Waals surface area contributed by atoms with E-state index in [1.54, 1.807) is 12.1 Å². The zero-order valence-corrected chi connectivity index (χ0v) is 11.2. The van der Waals surface area contributed by atoms with Crippen molar-refractivity contribution in [2.45, 2.75) is 44.6 Å². The second-order valence-electron chi connectivity index (χ2n) is 4.99. The highest BCUT2D eigenvalue weighted by atomic mass is 15.2. The number of nitrogens with one attached hydrogen (secondary N) is 2. The molecule has 2 rings (SSSR count). The van der Waals surface area contributed by atoms with Crippen LogP contribution in [-0.2, 0) is 0 Å². The molecule has 0 bridgehead atoms. The molecule has 0 aromatic carbocycles. The second-order valence-corrected chi connectivity index (χ2v) is 4.99. The predicted octanol–water partition coefficient (Wildman–Crippen LogP) is 2.07. The van der Waals surface area contributed by atoms with Gasteiger partial charge < -0.3 is 10.6 Å². The lowest BCUT2D eigenvalue weighted by atomic mass is 9.95. The molecule has 0 unspecified atom stereocenters. The summed E-state index contributed by atoms with van der Waals surface area (Å²) in [6.45, 7) is 1.92. The van der Waals surface area contributed by atoms with E-state index in [1.807, 2.05) is 6.07 Å². The highest BCUT2D eigenvalue weighted by Gasteiger charge is 2.11. The van der Waals surface area contributed by atoms with Crippen molar-refractivity contribution in [1.82, 2.24) is 15.5 Å². The molecule has 1 fully saturated rings. The third-order valence-electron chi connectivity index (χ3n) is 3.48. The van der Waals surface area contributed by atoms with Gasteiger partial charge >= 0.3 is 0 Å². The third kappa shape index (κ3) is 4.84. The van der Waals surface area contributed by atoms with Gasteiger partial charge in [-0.1, -0.05) is 19.3 Å². The molecule has 5 heteroatoms. The van der Waals surface area contributed by atoms with Crippen LogP contribution in [0.2, 0.25) is 0 Å². The van der Waals surface area contributed by atoms with Crippen molar-refractivity contribution in [1.29, 1.82) is 5.26 Å². The fourth-order valence-electron chi connectivity index (χ4n) is 2.40. The van der Waals surface area contributed by atoms with Gasteiger partial charge in [-0.05, 0) is 37.9 Å². The van der Waals surface area contributed by atoms with Gasteiger partial charge in [0.15, 0.2) is 5.69 Å². The van der Waals surface area contributed by atoms with Crippen LogP contribution in [0.25, 0.3) is 0 Å². The molecule has 0 spiro atoms. The van der Waals surface area contributed by atoms with Crippen molar-refractivity contribution in [3.8, 4) is 6.07 Å². The van der Waals surface area contributed by atoms with E-state index in [0.29, 0.717) is 5.69 Å². The lowest BCUT2D eigenvalue weighted by Crippen LogP contribution is -2.32. The third-order valence-corrected chi connectivity index (χ3v) is 3.48. The number of hydrogen-bond donors (Lipinski definition) is 2. The number of aromatic nitrogens is 2. The molecule has 1 aliphatic carbocycles. The van der Waals surface area contributed by atoms with Gasteiger partial charge in [0, 0.05) is 12.6 Å². The van der Waals surface area contributed by atoms with Gasteiger partial charge in [0.2, 0.25) is 0 Å². The van der Waals surface area contributed by atoms with E-state index in [-0.39, 0.29) is 0 Å². The minimum Gasteiger partial charge on any atom is -0.369 e. The normalized spacial score (nSPS) is 15.9. The molecule has 0 aliphatic heterocycles. The summed E-state index contributed by atoms with van der Waals surface area (Å²) in [6.07, 6.45) is 7.87. The Bertz CT molecular complexity index is 403. The molecular weight excluding hydrogens is 238 g/mol. The maximum Gasteiger partial charge on any atom is 0.163 e. The minimum absolute atomic E-state index is 0.351. The smallest absolute Gasteiger partial charge is 0.163 e. The van der Waals surface area contributed by atoms with E-state index in [0.717, 1.165) is 31.4 Å². The standard InChI is InChI=1S/C14H21N5/c15-11-13-7-8-14(19-18-13)17-10-4-9-16-12-5-2-1-3-6-12/h7-8,12,16H,1-6,9-10H2,(H,17,19). The molecule has 0 saturated heterocycles. The van der Waals surface area contributed by atoms with Crippen LogP contribution in [0.1, 0.15) is 44.2 Å². The van der Waals surface area contributed by atoms with Gasteiger partial charge in [-0.3, -0.25) is 0 Å². The number of rotatable bonds is 6. The van der Waals surface area contributed by atoms with Crippen LogP contribution in [0.4, 0.5) is 5.82 Å². The molecule has 1 aromatic rings. The van der Waals surface area contributed by atoms with Crippen molar-refractivity contribution in [2.24, 2.45) is 0 Å². The van der Waals surface area contributed by atoms with Gasteiger partial charge in [0.1, 0.15) is 11.9 Å². The molecule has 1 aromatic heterocycles. The van der Waals surface area contributed by atoms with Crippen LogP contribution in [0.15, 0.2) is 12.1 Å². The molecule has 19 heavy (non-hydrogen) atoms. The highest BCUT2D eigenvalue weighted by Crippen LogP contribution is 2.17. The number of nitriles is 1. The molecule has 1 aliphatic rings. The Morgan fingerprint density at radius 2 is 2.00 bits per heavy atom. The molecular formula is C14H21N5. The van der Waals surface area contributed by atoms with Crippen LogP contribution >= 0.6 is 0 Å². The summed E-state index contributed by atoms with van der Waals surface area (Å²) in [5, 5.41) is 23.1. The zero-order valence-electron chi connectivity index (χ0n) is 11.2. The Kier molecular flexibility index (Phi) is 5.57. The summed E-state index contributed by atoms with van der Waals surface area (Å²) in [6, 6.07) is 6.15.